The van der Waals surface area contributed by atoms with Gasteiger partial charge >= 0.3 is 0 Å². The van der Waals surface area contributed by atoms with E-state index in [9.17, 15) is 13.2 Å². The van der Waals surface area contributed by atoms with Crippen molar-refractivity contribution in [3.05, 3.63) is 76.8 Å². The number of carbonyl (C=O) groups excluding carboxylic acids is 1. The van der Waals surface area contributed by atoms with Gasteiger partial charge in [-0.3, -0.25) is 4.79 Å². The summed E-state index contributed by atoms with van der Waals surface area (Å²) in [5, 5.41) is 3.05. The number of hydrogen-bond donors (Lipinski definition) is 2. The van der Waals surface area contributed by atoms with Crippen molar-refractivity contribution in [3.63, 3.8) is 0 Å². The molecule has 192 valence electrons. The minimum Gasteiger partial charge on any atom is -0.495 e. The van der Waals surface area contributed by atoms with Crippen molar-refractivity contribution in [2.45, 2.75) is 31.2 Å². The van der Waals surface area contributed by atoms with Crippen LogP contribution >= 0.6 is 11.6 Å². The maximum Gasteiger partial charge on any atom is 0.243 e. The number of carbonyl (C=O) groups is 1. The summed E-state index contributed by atoms with van der Waals surface area (Å²) in [7, 11) is -1.16. The molecule has 0 bridgehead atoms. The van der Waals surface area contributed by atoms with Gasteiger partial charge in [0, 0.05) is 12.1 Å². The molecule has 8 nitrogen and oxygen atoms in total. The molecule has 0 unspecified atom stereocenters. The van der Waals surface area contributed by atoms with Gasteiger partial charge in [-0.25, -0.2) is 8.42 Å². The lowest BCUT2D eigenvalue weighted by atomic mass is 10.1. The third-order valence-corrected chi connectivity index (χ3v) is 7.15. The Morgan fingerprint density at radius 3 is 2.28 bits per heavy atom. The van der Waals surface area contributed by atoms with E-state index in [0.29, 0.717) is 34.4 Å². The SMILES string of the molecule is CCOc1ccc(S(=O)(=O)N[C@H](Cc2ccccc2)C(=O)Nc2cc(OC)c(Cl)cc2OC)cc1C. The van der Waals surface area contributed by atoms with E-state index < -0.39 is 22.0 Å². The van der Waals surface area contributed by atoms with Crippen LogP contribution in [0.5, 0.6) is 17.2 Å². The van der Waals surface area contributed by atoms with E-state index >= 15 is 0 Å². The number of benzene rings is 3. The summed E-state index contributed by atoms with van der Waals surface area (Å²) in [6.45, 7) is 4.07. The Bertz CT molecular complexity index is 1320. The van der Waals surface area contributed by atoms with Crippen LogP contribution in [0.1, 0.15) is 18.1 Å². The molecule has 3 aromatic rings. The van der Waals surface area contributed by atoms with Crippen molar-refractivity contribution in [2.24, 2.45) is 0 Å². The second-order valence-corrected chi connectivity index (χ2v) is 10.0. The zero-order chi connectivity index (χ0) is 26.3. The van der Waals surface area contributed by atoms with Crippen molar-refractivity contribution < 1.29 is 27.4 Å². The zero-order valence-corrected chi connectivity index (χ0v) is 22.1. The standard InChI is InChI=1S/C26H29ClN2O6S/c1-5-35-23-12-11-19(13-17(23)2)36(31,32)29-22(14-18-9-7-6-8-10-18)26(30)28-21-16-24(33-3)20(27)15-25(21)34-4/h6-13,15-16,22,29H,5,14H2,1-4H3,(H,28,30)/t22-/m1/s1. The zero-order valence-electron chi connectivity index (χ0n) is 20.5. The van der Waals surface area contributed by atoms with Crippen molar-refractivity contribution >= 4 is 33.2 Å². The molecule has 0 saturated heterocycles. The summed E-state index contributed by atoms with van der Waals surface area (Å²) in [4.78, 5) is 13.4. The Hall–Kier alpha value is -3.27. The van der Waals surface area contributed by atoms with Gasteiger partial charge in [0.05, 0.1) is 36.4 Å². The van der Waals surface area contributed by atoms with Crippen molar-refractivity contribution in [3.8, 4) is 17.2 Å². The van der Waals surface area contributed by atoms with Crippen molar-refractivity contribution in [1.29, 1.82) is 0 Å². The Morgan fingerprint density at radius 2 is 1.67 bits per heavy atom. The Morgan fingerprint density at radius 1 is 0.972 bits per heavy atom. The van der Waals surface area contributed by atoms with Gasteiger partial charge in [0.15, 0.2) is 0 Å². The molecule has 0 radical (unpaired) electrons. The lowest BCUT2D eigenvalue weighted by Gasteiger charge is -2.20. The average Bonchev–Trinajstić information content (AvgIpc) is 2.86. The maximum absolute atomic E-state index is 13.4. The number of nitrogens with one attached hydrogen (secondary N) is 2. The number of methoxy groups -OCH3 is 2. The first-order valence-corrected chi connectivity index (χ1v) is 13.1. The summed E-state index contributed by atoms with van der Waals surface area (Å²) < 4.78 is 45.2. The van der Waals surface area contributed by atoms with E-state index in [0.717, 1.165) is 5.56 Å². The molecule has 0 heterocycles. The van der Waals surface area contributed by atoms with Gasteiger partial charge in [0.2, 0.25) is 15.9 Å². The summed E-state index contributed by atoms with van der Waals surface area (Å²) >= 11 is 6.17. The largest absolute Gasteiger partial charge is 0.495 e. The van der Waals surface area contributed by atoms with Gasteiger partial charge in [-0.05, 0) is 49.6 Å². The number of anilines is 1. The minimum atomic E-state index is -4.05. The Balaban J connectivity index is 1.93. The van der Waals surface area contributed by atoms with Gasteiger partial charge in [-0.15, -0.1) is 0 Å². The van der Waals surface area contributed by atoms with Gasteiger partial charge in [0.1, 0.15) is 23.3 Å². The molecule has 3 rings (SSSR count). The number of sulfonamides is 1. The summed E-state index contributed by atoms with van der Waals surface area (Å²) in [6, 6.07) is 15.6. The molecular weight excluding hydrogens is 504 g/mol. The number of rotatable bonds is 11. The fourth-order valence-electron chi connectivity index (χ4n) is 3.58. The van der Waals surface area contributed by atoms with E-state index in [1.807, 2.05) is 37.3 Å². The number of ether oxygens (including phenoxy) is 3. The number of amides is 1. The molecule has 0 spiro atoms. The summed E-state index contributed by atoms with van der Waals surface area (Å²) in [5.74, 6) is 0.655. The van der Waals surface area contributed by atoms with E-state index in [-0.39, 0.29) is 17.0 Å². The van der Waals surface area contributed by atoms with Crippen LogP contribution in [-0.2, 0) is 21.2 Å². The average molecular weight is 533 g/mol. The van der Waals surface area contributed by atoms with Crippen LogP contribution in [0.15, 0.2) is 65.6 Å². The smallest absolute Gasteiger partial charge is 0.243 e. The second kappa shape index (κ2) is 12.1. The molecular formula is C26H29ClN2O6S. The molecule has 1 atom stereocenters. The molecule has 0 aromatic heterocycles. The highest BCUT2D eigenvalue weighted by molar-refractivity contribution is 7.89. The van der Waals surface area contributed by atoms with Crippen LogP contribution in [0, 0.1) is 6.92 Å². The Labute approximate surface area is 216 Å². The summed E-state index contributed by atoms with van der Waals surface area (Å²) in [5.41, 5.74) is 1.74. The summed E-state index contributed by atoms with van der Waals surface area (Å²) in [6.07, 6.45) is 0.120. The van der Waals surface area contributed by atoms with Crippen LogP contribution in [0.2, 0.25) is 5.02 Å². The van der Waals surface area contributed by atoms with E-state index in [4.69, 9.17) is 25.8 Å². The molecule has 0 aliphatic rings. The lowest BCUT2D eigenvalue weighted by molar-refractivity contribution is -0.117. The molecule has 0 fully saturated rings. The lowest BCUT2D eigenvalue weighted by Crippen LogP contribution is -2.45. The van der Waals surface area contributed by atoms with Gasteiger partial charge in [-0.1, -0.05) is 41.9 Å². The molecule has 2 N–H and O–H groups in total. The fourth-order valence-corrected chi connectivity index (χ4v) is 5.09. The predicted octanol–water partition coefficient (Wildman–Crippen LogP) is 4.59. The van der Waals surface area contributed by atoms with Crippen molar-refractivity contribution in [1.82, 2.24) is 4.72 Å². The van der Waals surface area contributed by atoms with Crippen LogP contribution < -0.4 is 24.2 Å². The fraction of sp³-hybridized carbons (Fsp3) is 0.269. The van der Waals surface area contributed by atoms with E-state index in [1.165, 1.54) is 38.5 Å². The molecule has 0 aliphatic heterocycles. The first-order valence-electron chi connectivity index (χ1n) is 11.2. The van der Waals surface area contributed by atoms with Gasteiger partial charge in [0.25, 0.3) is 0 Å². The van der Waals surface area contributed by atoms with Crippen LogP contribution in [-0.4, -0.2) is 41.2 Å². The number of aryl methyl sites for hydroxylation is 1. The number of hydrogen-bond acceptors (Lipinski definition) is 6. The molecule has 36 heavy (non-hydrogen) atoms. The van der Waals surface area contributed by atoms with Crippen LogP contribution in [0.25, 0.3) is 0 Å². The predicted molar refractivity (Wildman–Crippen MR) is 140 cm³/mol. The monoisotopic (exact) mass is 532 g/mol. The third kappa shape index (κ3) is 6.69. The highest BCUT2D eigenvalue weighted by Gasteiger charge is 2.27. The Kier molecular flexibility index (Phi) is 9.19. The normalized spacial score (nSPS) is 12.0. The molecule has 0 aliphatic carbocycles. The van der Waals surface area contributed by atoms with E-state index in [2.05, 4.69) is 10.0 Å². The first kappa shape index (κ1) is 27.3. The van der Waals surface area contributed by atoms with Gasteiger partial charge < -0.3 is 19.5 Å². The quantitative estimate of drug-likeness (QED) is 0.374. The van der Waals surface area contributed by atoms with Gasteiger partial charge in [-0.2, -0.15) is 4.72 Å². The second-order valence-electron chi connectivity index (χ2n) is 7.90. The number of halogens is 1. The van der Waals surface area contributed by atoms with E-state index in [1.54, 1.807) is 13.0 Å². The van der Waals surface area contributed by atoms with Crippen LogP contribution in [0.3, 0.4) is 0 Å². The highest BCUT2D eigenvalue weighted by atomic mass is 35.5. The third-order valence-electron chi connectivity index (χ3n) is 5.38. The highest BCUT2D eigenvalue weighted by Crippen LogP contribution is 2.36. The first-order chi connectivity index (χ1) is 17.2. The molecule has 1 amide bonds. The topological polar surface area (TPSA) is 103 Å². The minimum absolute atomic E-state index is 0.0278. The van der Waals surface area contributed by atoms with Crippen LogP contribution in [0.4, 0.5) is 5.69 Å². The maximum atomic E-state index is 13.4. The van der Waals surface area contributed by atoms with Crippen molar-refractivity contribution in [2.75, 3.05) is 26.1 Å². The molecule has 3 aromatic carbocycles. The molecule has 0 saturated carbocycles. The molecule has 10 heteroatoms.